The van der Waals surface area contributed by atoms with Gasteiger partial charge in [-0.3, -0.25) is 0 Å². The molecule has 8 heteroatoms. The fourth-order valence-corrected chi connectivity index (χ4v) is 4.10. The number of carbonyl (C=O) groups excluding carboxylic acids is 1. The molecule has 2 aromatic rings. The van der Waals surface area contributed by atoms with Crippen molar-refractivity contribution in [1.82, 2.24) is 0 Å². The number of benzene rings is 2. The minimum atomic E-state index is -1.44. The zero-order valence-corrected chi connectivity index (χ0v) is 18.4. The summed E-state index contributed by atoms with van der Waals surface area (Å²) in [6.07, 6.45) is 1.47. The van der Waals surface area contributed by atoms with Crippen molar-refractivity contribution in [2.45, 2.75) is 35.3 Å². The molecule has 1 unspecified atom stereocenters. The standard InChI is InChI=1S/C19H19Cl2NO3S2/c1-19(2,3)27(24)22-11-13-14(20)9-10-15(21)17(13)26-16-8-6-5-7-12(16)18(23)25-4/h5-11H,1-4H3. The molecule has 0 saturated carbocycles. The van der Waals surface area contributed by atoms with Gasteiger partial charge in [0.2, 0.25) is 0 Å². The van der Waals surface area contributed by atoms with E-state index in [0.29, 0.717) is 31.0 Å². The summed E-state index contributed by atoms with van der Waals surface area (Å²) >= 11 is 14.0. The molecule has 27 heavy (non-hydrogen) atoms. The van der Waals surface area contributed by atoms with Gasteiger partial charge in [0.05, 0.1) is 27.5 Å². The molecule has 0 aliphatic heterocycles. The third-order valence-corrected chi connectivity index (χ3v) is 6.72. The first-order chi connectivity index (χ1) is 12.6. The Kier molecular flexibility index (Phi) is 7.51. The molecule has 144 valence electrons. The van der Waals surface area contributed by atoms with E-state index < -0.39 is 21.7 Å². The van der Waals surface area contributed by atoms with Crippen LogP contribution in [0, 0.1) is 0 Å². The lowest BCUT2D eigenvalue weighted by molar-refractivity contribution is 0.0597. The summed E-state index contributed by atoms with van der Waals surface area (Å²) in [6, 6.07) is 10.4. The highest BCUT2D eigenvalue weighted by Crippen LogP contribution is 2.40. The van der Waals surface area contributed by atoms with E-state index in [0.717, 1.165) is 0 Å². The van der Waals surface area contributed by atoms with Gasteiger partial charge in [0.25, 0.3) is 0 Å². The minimum absolute atomic E-state index is 0.419. The van der Waals surface area contributed by atoms with Crippen molar-refractivity contribution in [2.75, 3.05) is 7.11 Å². The monoisotopic (exact) mass is 443 g/mol. The van der Waals surface area contributed by atoms with Crippen LogP contribution in [0.1, 0.15) is 36.7 Å². The van der Waals surface area contributed by atoms with Crippen molar-refractivity contribution < 1.29 is 13.7 Å². The van der Waals surface area contributed by atoms with Crippen molar-refractivity contribution in [1.29, 1.82) is 0 Å². The Balaban J connectivity index is 2.50. The predicted octanol–water partition coefficient (Wildman–Crippen LogP) is 5.81. The zero-order valence-electron chi connectivity index (χ0n) is 15.3. The van der Waals surface area contributed by atoms with Gasteiger partial charge in [-0.05, 0) is 45.0 Å². The van der Waals surface area contributed by atoms with Crippen LogP contribution in [0.2, 0.25) is 10.0 Å². The Labute approximate surface area is 175 Å². The second-order valence-corrected chi connectivity index (χ2v) is 10.3. The van der Waals surface area contributed by atoms with Crippen molar-refractivity contribution in [3.05, 3.63) is 57.6 Å². The van der Waals surface area contributed by atoms with E-state index in [4.69, 9.17) is 27.9 Å². The number of esters is 1. The smallest absolute Gasteiger partial charge is 0.339 e. The quantitative estimate of drug-likeness (QED) is 0.431. The molecule has 0 aliphatic carbocycles. The van der Waals surface area contributed by atoms with Crippen LogP contribution in [0.3, 0.4) is 0 Å². The summed E-state index contributed by atoms with van der Waals surface area (Å²) in [5.74, 6) is -0.444. The second kappa shape index (κ2) is 9.24. The Morgan fingerprint density at radius 2 is 1.78 bits per heavy atom. The van der Waals surface area contributed by atoms with Gasteiger partial charge in [0.15, 0.2) is 0 Å². The molecule has 0 radical (unpaired) electrons. The lowest BCUT2D eigenvalue weighted by Gasteiger charge is -2.14. The summed E-state index contributed by atoms with van der Waals surface area (Å²) in [4.78, 5) is 13.3. The molecule has 0 bridgehead atoms. The molecular formula is C19H19Cl2NO3S2. The van der Waals surface area contributed by atoms with Crippen LogP contribution in [0.25, 0.3) is 0 Å². The topological polar surface area (TPSA) is 55.7 Å². The molecule has 4 nitrogen and oxygen atoms in total. The molecule has 0 saturated heterocycles. The molecule has 0 spiro atoms. The fourth-order valence-electron chi connectivity index (χ4n) is 1.98. The molecule has 1 atom stereocenters. The number of ether oxygens (including phenoxy) is 1. The van der Waals surface area contributed by atoms with Gasteiger partial charge in [-0.1, -0.05) is 47.1 Å². The van der Waals surface area contributed by atoms with Gasteiger partial charge in [-0.15, -0.1) is 0 Å². The predicted molar refractivity (Wildman–Crippen MR) is 114 cm³/mol. The number of hydrogen-bond donors (Lipinski definition) is 0. The van der Waals surface area contributed by atoms with Gasteiger partial charge in [-0.25, -0.2) is 9.00 Å². The molecule has 0 amide bonds. The molecular weight excluding hydrogens is 425 g/mol. The fraction of sp³-hybridized carbons (Fsp3) is 0.263. The van der Waals surface area contributed by atoms with Crippen LogP contribution in [0.4, 0.5) is 0 Å². The third kappa shape index (κ3) is 5.57. The van der Waals surface area contributed by atoms with Crippen LogP contribution in [0.5, 0.6) is 0 Å². The number of halogens is 2. The van der Waals surface area contributed by atoms with Gasteiger partial charge in [-0.2, -0.15) is 4.40 Å². The van der Waals surface area contributed by atoms with Gasteiger partial charge < -0.3 is 4.74 Å². The van der Waals surface area contributed by atoms with Crippen LogP contribution >= 0.6 is 35.0 Å². The first-order valence-electron chi connectivity index (χ1n) is 7.94. The lowest BCUT2D eigenvalue weighted by Crippen LogP contribution is -2.19. The largest absolute Gasteiger partial charge is 0.465 e. The molecule has 0 N–H and O–H groups in total. The third-order valence-electron chi connectivity index (χ3n) is 3.40. The highest BCUT2D eigenvalue weighted by Gasteiger charge is 2.20. The maximum Gasteiger partial charge on any atom is 0.339 e. The van der Waals surface area contributed by atoms with Crippen LogP contribution in [0.15, 0.2) is 50.6 Å². The number of rotatable bonds is 5. The van der Waals surface area contributed by atoms with Crippen LogP contribution in [-0.2, 0) is 15.7 Å². The number of hydrogen-bond acceptors (Lipinski definition) is 4. The van der Waals surface area contributed by atoms with E-state index in [2.05, 4.69) is 4.40 Å². The van der Waals surface area contributed by atoms with E-state index in [1.54, 1.807) is 30.3 Å². The summed E-state index contributed by atoms with van der Waals surface area (Å²) in [7, 11) is -0.107. The minimum Gasteiger partial charge on any atom is -0.465 e. The lowest BCUT2D eigenvalue weighted by atomic mass is 10.2. The van der Waals surface area contributed by atoms with Gasteiger partial charge in [0, 0.05) is 21.6 Å². The average Bonchev–Trinajstić information content (AvgIpc) is 2.63. The normalized spacial score (nSPS) is 13.0. The van der Waals surface area contributed by atoms with Crippen molar-refractivity contribution in [2.24, 2.45) is 4.40 Å². The average molecular weight is 444 g/mol. The Morgan fingerprint density at radius 3 is 2.41 bits per heavy atom. The first-order valence-corrected chi connectivity index (χ1v) is 10.6. The maximum absolute atomic E-state index is 12.3. The van der Waals surface area contributed by atoms with E-state index in [1.807, 2.05) is 26.8 Å². The molecule has 2 aromatic carbocycles. The van der Waals surface area contributed by atoms with E-state index >= 15 is 0 Å². The highest BCUT2D eigenvalue weighted by molar-refractivity contribution is 7.99. The SMILES string of the molecule is COC(=O)c1ccccc1Sc1c(Cl)ccc(Cl)c1C=NS(=O)C(C)(C)C. The van der Waals surface area contributed by atoms with E-state index in [1.165, 1.54) is 25.1 Å². The van der Waals surface area contributed by atoms with Crippen LogP contribution in [-0.4, -0.2) is 28.2 Å². The summed E-state index contributed by atoms with van der Waals surface area (Å²) in [6.45, 7) is 5.51. The molecule has 0 aliphatic rings. The highest BCUT2D eigenvalue weighted by atomic mass is 35.5. The number of methoxy groups -OCH3 is 1. The summed E-state index contributed by atoms with van der Waals surface area (Å²) in [5.41, 5.74) is 0.966. The van der Waals surface area contributed by atoms with Gasteiger partial charge >= 0.3 is 5.97 Å². The summed E-state index contributed by atoms with van der Waals surface area (Å²) in [5, 5.41) is 0.874. The van der Waals surface area contributed by atoms with Crippen molar-refractivity contribution in [3.8, 4) is 0 Å². The van der Waals surface area contributed by atoms with Crippen molar-refractivity contribution in [3.63, 3.8) is 0 Å². The number of nitrogens with zero attached hydrogens (tertiary/aromatic N) is 1. The van der Waals surface area contributed by atoms with Crippen molar-refractivity contribution >= 4 is 58.1 Å². The van der Waals surface area contributed by atoms with E-state index in [9.17, 15) is 9.00 Å². The number of carbonyl (C=O) groups is 1. The molecule has 0 aromatic heterocycles. The first kappa shape index (κ1) is 22.0. The Hall–Kier alpha value is -1.34. The Morgan fingerprint density at radius 1 is 1.15 bits per heavy atom. The zero-order chi connectivity index (χ0) is 20.2. The van der Waals surface area contributed by atoms with Crippen LogP contribution < -0.4 is 0 Å². The maximum atomic E-state index is 12.3. The van der Waals surface area contributed by atoms with E-state index in [-0.39, 0.29) is 0 Å². The second-order valence-electron chi connectivity index (χ2n) is 6.46. The molecule has 0 fully saturated rings. The summed E-state index contributed by atoms with van der Waals surface area (Å²) < 4.78 is 20.7. The molecule has 2 rings (SSSR count). The van der Waals surface area contributed by atoms with Gasteiger partial charge in [0.1, 0.15) is 11.0 Å². The molecule has 0 heterocycles. The Bertz CT molecular complexity index is 908.